The van der Waals surface area contributed by atoms with Gasteiger partial charge in [0.1, 0.15) is 10.6 Å². The summed E-state index contributed by atoms with van der Waals surface area (Å²) in [5.74, 6) is -0.0187. The van der Waals surface area contributed by atoms with E-state index in [1.54, 1.807) is 0 Å². The normalized spacial score (nSPS) is 12.6. The number of carbonyl (C=O) groups is 1. The molecule has 7 nitrogen and oxygen atoms in total. The van der Waals surface area contributed by atoms with Gasteiger partial charge in [-0.15, -0.1) is 0 Å². The van der Waals surface area contributed by atoms with Gasteiger partial charge >= 0.3 is 7.60 Å². The summed E-state index contributed by atoms with van der Waals surface area (Å²) in [5.41, 5.74) is 4.85. The van der Waals surface area contributed by atoms with Crippen LogP contribution in [-0.4, -0.2) is 20.6 Å². The second-order valence-electron chi connectivity index (χ2n) is 5.48. The van der Waals surface area contributed by atoms with Crippen LogP contribution in [0.5, 0.6) is 0 Å². The van der Waals surface area contributed by atoms with Crippen LogP contribution in [0.3, 0.4) is 0 Å². The topological polar surface area (TPSA) is 127 Å². The van der Waals surface area contributed by atoms with Gasteiger partial charge in [0.25, 0.3) is 0 Å². The van der Waals surface area contributed by atoms with Gasteiger partial charge in [-0.3, -0.25) is 9.36 Å². The number of nitrogen functional groups attached to an aromatic ring is 1. The third-order valence-corrected chi connectivity index (χ3v) is 5.16. The second kappa shape index (κ2) is 5.62. The van der Waals surface area contributed by atoms with Gasteiger partial charge in [0, 0.05) is 5.41 Å². The summed E-state index contributed by atoms with van der Waals surface area (Å²) >= 11 is 1.04. The number of thiazole rings is 1. The molecular weight excluding hydrogens is 327 g/mol. The molecule has 22 heavy (non-hydrogen) atoms. The van der Waals surface area contributed by atoms with Gasteiger partial charge < -0.3 is 19.9 Å². The minimum atomic E-state index is -4.50. The maximum absolute atomic E-state index is 12.6. The molecule has 0 aliphatic heterocycles. The van der Waals surface area contributed by atoms with Gasteiger partial charge in [-0.1, -0.05) is 32.1 Å². The third kappa shape index (κ3) is 3.15. The Morgan fingerprint density at radius 2 is 2.09 bits per heavy atom. The molecule has 0 aromatic carbocycles. The lowest BCUT2D eigenvalue weighted by Gasteiger charge is -2.19. The lowest BCUT2D eigenvalue weighted by molar-refractivity contribution is 0.0838. The zero-order chi connectivity index (χ0) is 16.7. The number of rotatable bonds is 5. The summed E-state index contributed by atoms with van der Waals surface area (Å²) in [6.07, 6.45) is 0.634. The highest BCUT2D eigenvalue weighted by Crippen LogP contribution is 2.39. The Morgan fingerprint density at radius 3 is 2.59 bits per heavy atom. The Labute approximate surface area is 131 Å². The number of hydrogen-bond acceptors (Lipinski definition) is 6. The molecule has 2 aromatic rings. The molecule has 0 saturated carbocycles. The fourth-order valence-electron chi connectivity index (χ4n) is 1.74. The molecule has 0 radical (unpaired) electrons. The monoisotopic (exact) mass is 344 g/mol. The molecule has 0 saturated heterocycles. The molecule has 0 fully saturated rings. The van der Waals surface area contributed by atoms with E-state index in [2.05, 4.69) is 4.98 Å². The smallest absolute Gasteiger partial charge is 0.391 e. The van der Waals surface area contributed by atoms with Gasteiger partial charge in [0.05, 0.1) is 0 Å². The summed E-state index contributed by atoms with van der Waals surface area (Å²) in [4.78, 5) is 35.2. The predicted octanol–water partition coefficient (Wildman–Crippen LogP) is 2.41. The molecule has 0 spiro atoms. The first-order chi connectivity index (χ1) is 10.1. The number of nitrogens with zero attached hydrogens (tertiary/aromatic N) is 1. The molecule has 4 N–H and O–H groups in total. The molecule has 0 atom stereocenters. The van der Waals surface area contributed by atoms with Crippen LogP contribution in [0, 0.1) is 5.41 Å². The summed E-state index contributed by atoms with van der Waals surface area (Å²) < 4.78 is 16.4. The van der Waals surface area contributed by atoms with Crippen molar-refractivity contribution < 1.29 is 23.6 Å². The summed E-state index contributed by atoms with van der Waals surface area (Å²) in [6, 6.07) is 2.55. The molecule has 2 rings (SSSR count). The number of ketones is 1. The first-order valence-electron chi connectivity index (χ1n) is 6.53. The van der Waals surface area contributed by atoms with Crippen molar-refractivity contribution in [3.8, 4) is 11.5 Å². The van der Waals surface area contributed by atoms with Crippen molar-refractivity contribution in [2.24, 2.45) is 5.41 Å². The fraction of sp³-hybridized carbons (Fsp3) is 0.385. The molecular formula is C13H17N2O5PS. The standard InChI is InChI=1S/C13H17N2O5PS/c1-4-13(2,3)11(16)10-9(15-12(14)22-10)7-5-6-8(20-7)21(17,18)19/h5-6H,4H2,1-3H3,(H2,14,15)(H2,17,18,19). The van der Waals surface area contributed by atoms with Crippen LogP contribution < -0.4 is 11.2 Å². The van der Waals surface area contributed by atoms with E-state index in [4.69, 9.17) is 19.9 Å². The van der Waals surface area contributed by atoms with E-state index in [1.165, 1.54) is 12.1 Å². The average Bonchev–Trinajstić information content (AvgIpc) is 3.03. The summed E-state index contributed by atoms with van der Waals surface area (Å²) in [5, 5.41) is 0.194. The van der Waals surface area contributed by atoms with E-state index in [0.29, 0.717) is 11.3 Å². The maximum Gasteiger partial charge on any atom is 0.391 e. The Bertz CT molecular complexity index is 758. The number of Topliss-reactive ketones (excluding diaryl/α,β-unsaturated/α-hetero) is 1. The third-order valence-electron chi connectivity index (χ3n) is 3.46. The minimum Gasteiger partial charge on any atom is -0.446 e. The van der Waals surface area contributed by atoms with Gasteiger partial charge in [-0.25, -0.2) is 4.98 Å². The zero-order valence-electron chi connectivity index (χ0n) is 12.4. The maximum atomic E-state index is 12.6. The zero-order valence-corrected chi connectivity index (χ0v) is 14.1. The van der Waals surface area contributed by atoms with Crippen molar-refractivity contribution in [1.82, 2.24) is 4.98 Å². The molecule has 2 aromatic heterocycles. The molecule has 9 heteroatoms. The summed E-state index contributed by atoms with van der Waals surface area (Å²) in [6.45, 7) is 5.54. The Kier molecular flexibility index (Phi) is 4.32. The van der Waals surface area contributed by atoms with Gasteiger partial charge in [-0.2, -0.15) is 0 Å². The van der Waals surface area contributed by atoms with Crippen LogP contribution in [0.15, 0.2) is 16.5 Å². The molecule has 0 amide bonds. The summed E-state index contributed by atoms with van der Waals surface area (Å²) in [7, 11) is -4.50. The van der Waals surface area contributed by atoms with Crippen LogP contribution in [0.2, 0.25) is 0 Å². The van der Waals surface area contributed by atoms with Gasteiger partial charge in [0.15, 0.2) is 16.7 Å². The van der Waals surface area contributed by atoms with Crippen molar-refractivity contribution in [3.05, 3.63) is 17.0 Å². The van der Waals surface area contributed by atoms with Gasteiger partial charge in [0.2, 0.25) is 5.50 Å². The minimum absolute atomic E-state index is 0.113. The Balaban J connectivity index is 2.52. The highest BCUT2D eigenvalue weighted by molar-refractivity contribution is 7.59. The molecule has 0 bridgehead atoms. The first-order valence-corrected chi connectivity index (χ1v) is 8.96. The van der Waals surface area contributed by atoms with E-state index in [9.17, 15) is 9.36 Å². The number of furan rings is 1. The molecule has 120 valence electrons. The van der Waals surface area contributed by atoms with Crippen LogP contribution in [0.4, 0.5) is 5.13 Å². The fourth-order valence-corrected chi connectivity index (χ4v) is 3.18. The van der Waals surface area contributed by atoms with Crippen LogP contribution >= 0.6 is 18.9 Å². The highest BCUT2D eigenvalue weighted by atomic mass is 32.1. The Hall–Kier alpha value is -1.47. The SMILES string of the molecule is CCC(C)(C)C(=O)c1sc(N)nc1-c1ccc(P(=O)(O)O)o1. The van der Waals surface area contributed by atoms with E-state index in [0.717, 1.165) is 11.3 Å². The second-order valence-corrected chi connectivity index (χ2v) is 8.04. The van der Waals surface area contributed by atoms with E-state index in [1.807, 2.05) is 20.8 Å². The van der Waals surface area contributed by atoms with Crippen LogP contribution in [0.1, 0.15) is 36.9 Å². The van der Waals surface area contributed by atoms with Crippen molar-refractivity contribution in [2.45, 2.75) is 27.2 Å². The molecule has 0 aliphatic carbocycles. The van der Waals surface area contributed by atoms with E-state index in [-0.39, 0.29) is 22.4 Å². The average molecular weight is 344 g/mol. The van der Waals surface area contributed by atoms with Crippen molar-refractivity contribution in [3.63, 3.8) is 0 Å². The number of hydrogen-bond donors (Lipinski definition) is 3. The number of aromatic nitrogens is 1. The predicted molar refractivity (Wildman–Crippen MR) is 84.3 cm³/mol. The number of carbonyl (C=O) groups excluding carboxylic acids is 1. The highest BCUT2D eigenvalue weighted by Gasteiger charge is 2.32. The molecule has 0 unspecified atom stereocenters. The van der Waals surface area contributed by atoms with Crippen LogP contribution in [-0.2, 0) is 4.57 Å². The number of anilines is 1. The molecule has 0 aliphatic rings. The lowest BCUT2D eigenvalue weighted by Crippen LogP contribution is -2.23. The quantitative estimate of drug-likeness (QED) is 0.561. The number of nitrogens with two attached hydrogens (primary N) is 1. The van der Waals surface area contributed by atoms with Crippen molar-refractivity contribution >= 4 is 35.3 Å². The van der Waals surface area contributed by atoms with Crippen LogP contribution in [0.25, 0.3) is 11.5 Å². The Morgan fingerprint density at radius 1 is 1.45 bits per heavy atom. The first kappa shape index (κ1) is 16.9. The lowest BCUT2D eigenvalue weighted by atomic mass is 9.84. The molecule has 2 heterocycles. The van der Waals surface area contributed by atoms with Crippen molar-refractivity contribution in [1.29, 1.82) is 0 Å². The van der Waals surface area contributed by atoms with Gasteiger partial charge in [-0.05, 0) is 18.6 Å². The largest absolute Gasteiger partial charge is 0.446 e. The van der Waals surface area contributed by atoms with E-state index < -0.39 is 18.5 Å². The van der Waals surface area contributed by atoms with Crippen molar-refractivity contribution in [2.75, 3.05) is 5.73 Å². The van der Waals surface area contributed by atoms with E-state index >= 15 is 0 Å².